The van der Waals surface area contributed by atoms with Crippen molar-refractivity contribution in [3.05, 3.63) is 121 Å². The second kappa shape index (κ2) is 29.9. The average molecular weight is 897 g/mol. The van der Waals surface area contributed by atoms with Gasteiger partial charge in [0.2, 0.25) is 0 Å². The summed E-state index contributed by atoms with van der Waals surface area (Å²) >= 11 is 0. The summed E-state index contributed by atoms with van der Waals surface area (Å²) in [5, 5.41) is 6.53. The van der Waals surface area contributed by atoms with Crippen LogP contribution >= 0.6 is 14.5 Å². The van der Waals surface area contributed by atoms with Gasteiger partial charge in [0.1, 0.15) is 0 Å². The highest BCUT2D eigenvalue weighted by molar-refractivity contribution is 7.90. The molecule has 4 aromatic rings. The van der Waals surface area contributed by atoms with Gasteiger partial charge in [-0.25, -0.2) is 0 Å². The molecule has 0 amide bonds. The Morgan fingerprint density at radius 2 is 0.444 bits per heavy atom. The highest BCUT2D eigenvalue weighted by atomic mass is 79.9. The lowest BCUT2D eigenvalue weighted by Crippen LogP contribution is -3.00. The molecule has 0 radical (unpaired) electrons. The Kier molecular flexibility index (Phi) is 27.0. The summed E-state index contributed by atoms with van der Waals surface area (Å²) in [5.74, 6) is 0. The summed E-state index contributed by atoms with van der Waals surface area (Å²) in [4.78, 5) is 0. The van der Waals surface area contributed by atoms with Gasteiger partial charge in [0.25, 0.3) is 0 Å². The van der Waals surface area contributed by atoms with Crippen LogP contribution in [0.1, 0.15) is 142 Å². The molecule has 0 nitrogen and oxygen atoms in total. The van der Waals surface area contributed by atoms with E-state index in [4.69, 9.17) is 0 Å². The molecule has 0 saturated heterocycles. The van der Waals surface area contributed by atoms with Gasteiger partial charge >= 0.3 is 0 Å². The van der Waals surface area contributed by atoms with E-state index in [1.54, 1.807) is 21.2 Å². The van der Waals surface area contributed by atoms with E-state index in [-0.39, 0.29) is 34.0 Å². The molecule has 0 bridgehead atoms. The van der Waals surface area contributed by atoms with Crippen LogP contribution in [0, 0.1) is 0 Å². The molecular weight excluding hydrogens is 822 g/mol. The maximum Gasteiger partial charge on any atom is 0.0991 e. The van der Waals surface area contributed by atoms with Crippen LogP contribution in [0.5, 0.6) is 0 Å². The van der Waals surface area contributed by atoms with Crippen molar-refractivity contribution in [2.75, 3.05) is 24.6 Å². The molecule has 0 atom stereocenters. The highest BCUT2D eigenvalue weighted by Crippen LogP contribution is 2.59. The minimum Gasteiger partial charge on any atom is -1.00 e. The first-order chi connectivity index (χ1) is 25.7. The van der Waals surface area contributed by atoms with Gasteiger partial charge in [0.05, 0.1) is 60.4 Å². The summed E-state index contributed by atoms with van der Waals surface area (Å²) < 4.78 is 0. The third-order valence-corrected chi connectivity index (χ3v) is 21.1. The third-order valence-electron chi connectivity index (χ3n) is 11.6. The van der Waals surface area contributed by atoms with E-state index in [0.717, 1.165) is 0 Å². The molecule has 0 saturated carbocycles. The zero-order valence-corrected chi connectivity index (χ0v) is 39.1. The van der Waals surface area contributed by atoms with Gasteiger partial charge in [-0.3, -0.25) is 0 Å². The summed E-state index contributed by atoms with van der Waals surface area (Å²) in [7, 11) is -2.94. The Morgan fingerprint density at radius 1 is 0.259 bits per heavy atom. The SMILES string of the molecule is CCCCCCCCCC[P+](CCCCCC[P+](CCCCCCCCCC)(c1ccccc1)c1ccccc1)(c1ccccc1)c1ccccc1.[Br-].[Br-]. The largest absolute Gasteiger partial charge is 1.00 e. The van der Waals surface area contributed by atoms with Crippen LogP contribution in [0.3, 0.4) is 0 Å². The first kappa shape index (κ1) is 48.8. The molecule has 54 heavy (non-hydrogen) atoms. The maximum atomic E-state index is 2.47. The minimum atomic E-state index is -1.47. The van der Waals surface area contributed by atoms with Gasteiger partial charge in [-0.1, -0.05) is 164 Å². The maximum absolute atomic E-state index is 2.47. The van der Waals surface area contributed by atoms with Crippen LogP contribution < -0.4 is 55.2 Å². The lowest BCUT2D eigenvalue weighted by Gasteiger charge is -2.29. The Morgan fingerprint density at radius 3 is 0.648 bits per heavy atom. The first-order valence-corrected chi connectivity index (χ1v) is 26.0. The molecule has 4 rings (SSSR count). The first-order valence-electron chi connectivity index (χ1n) is 21.7. The number of rotatable bonds is 29. The van der Waals surface area contributed by atoms with Gasteiger partial charge in [0, 0.05) is 0 Å². The van der Waals surface area contributed by atoms with Crippen molar-refractivity contribution in [1.29, 1.82) is 0 Å². The predicted octanol–water partition coefficient (Wildman–Crippen LogP) is 8.17. The quantitative estimate of drug-likeness (QED) is 0.0382. The van der Waals surface area contributed by atoms with Crippen LogP contribution in [-0.2, 0) is 0 Å². The molecule has 4 heteroatoms. The number of halogens is 2. The van der Waals surface area contributed by atoms with Crippen molar-refractivity contribution >= 4 is 35.7 Å². The molecule has 4 aromatic carbocycles. The monoisotopic (exact) mass is 894 g/mol. The van der Waals surface area contributed by atoms with Crippen LogP contribution in [0.25, 0.3) is 0 Å². The van der Waals surface area contributed by atoms with E-state index in [1.165, 1.54) is 153 Å². The van der Waals surface area contributed by atoms with E-state index in [1.807, 2.05) is 0 Å². The van der Waals surface area contributed by atoms with E-state index in [2.05, 4.69) is 135 Å². The molecule has 0 aliphatic rings. The zero-order valence-electron chi connectivity index (χ0n) is 34.2. The van der Waals surface area contributed by atoms with Crippen LogP contribution in [0.2, 0.25) is 0 Å². The fourth-order valence-corrected chi connectivity index (χ4v) is 17.7. The molecule has 298 valence electrons. The standard InChI is InChI=1S/C50H74P2.2BrH/c1-3-5-7-9-11-13-15-31-43-51(47-35-23-19-24-36-47,48-37-25-20-26-38-48)45-33-17-18-34-46-52(49-39-27-21-28-40-49,50-41-29-22-30-42-50)44-32-16-14-12-10-8-6-4-2;;/h19-30,35-42H,3-18,31-34,43-46H2,1-2H3;2*1H/q+2;;/p-2. The topological polar surface area (TPSA) is 0 Å². The van der Waals surface area contributed by atoms with E-state index >= 15 is 0 Å². The third kappa shape index (κ3) is 16.3. The molecule has 0 heterocycles. The van der Waals surface area contributed by atoms with Crippen molar-refractivity contribution in [2.45, 2.75) is 142 Å². The molecule has 0 unspecified atom stereocenters. The van der Waals surface area contributed by atoms with E-state index in [9.17, 15) is 0 Å². The Labute approximate surface area is 355 Å². The summed E-state index contributed by atoms with van der Waals surface area (Å²) in [5.41, 5.74) is 0. The van der Waals surface area contributed by atoms with E-state index in [0.29, 0.717) is 0 Å². The Hall–Kier alpha value is -1.30. The van der Waals surface area contributed by atoms with Gasteiger partial charge < -0.3 is 34.0 Å². The van der Waals surface area contributed by atoms with Crippen LogP contribution in [-0.4, -0.2) is 24.6 Å². The fourth-order valence-electron chi connectivity index (χ4n) is 8.56. The lowest BCUT2D eigenvalue weighted by molar-refractivity contribution is -0.00100. The smallest absolute Gasteiger partial charge is 0.0991 e. The summed E-state index contributed by atoms with van der Waals surface area (Å²) in [6.07, 6.45) is 33.1. The van der Waals surface area contributed by atoms with Crippen LogP contribution in [0.15, 0.2) is 121 Å². The number of benzene rings is 4. The fraction of sp³-hybridized carbons (Fsp3) is 0.520. The zero-order chi connectivity index (χ0) is 36.4. The second-order valence-corrected chi connectivity index (χ2v) is 23.3. The molecule has 0 spiro atoms. The Balaban J connectivity index is 0.00000504. The van der Waals surface area contributed by atoms with E-state index < -0.39 is 14.5 Å². The van der Waals surface area contributed by atoms with Crippen molar-refractivity contribution in [3.8, 4) is 0 Å². The van der Waals surface area contributed by atoms with Crippen molar-refractivity contribution in [2.24, 2.45) is 0 Å². The minimum absolute atomic E-state index is 0. The second-order valence-electron chi connectivity index (χ2n) is 15.5. The van der Waals surface area contributed by atoms with Gasteiger partial charge in [0.15, 0.2) is 0 Å². The molecule has 0 aliphatic heterocycles. The predicted molar refractivity (Wildman–Crippen MR) is 241 cm³/mol. The van der Waals surface area contributed by atoms with Crippen molar-refractivity contribution < 1.29 is 34.0 Å². The molecule has 0 aliphatic carbocycles. The summed E-state index contributed by atoms with van der Waals surface area (Å²) in [6.45, 7) is 4.64. The average Bonchev–Trinajstić information content (AvgIpc) is 3.21. The molecule has 0 aromatic heterocycles. The highest BCUT2D eigenvalue weighted by Gasteiger charge is 2.43. The Bertz CT molecular complexity index is 1220. The van der Waals surface area contributed by atoms with Crippen molar-refractivity contribution in [1.82, 2.24) is 0 Å². The van der Waals surface area contributed by atoms with Crippen LogP contribution in [0.4, 0.5) is 0 Å². The molecule has 0 N–H and O–H groups in total. The van der Waals surface area contributed by atoms with Gasteiger partial charge in [-0.05, 0) is 99.9 Å². The van der Waals surface area contributed by atoms with Gasteiger partial charge in [-0.2, -0.15) is 0 Å². The lowest BCUT2D eigenvalue weighted by atomic mass is 10.1. The number of unbranched alkanes of at least 4 members (excludes halogenated alkanes) is 17. The number of hydrogen-bond acceptors (Lipinski definition) is 0. The molecular formula is C50H74Br2P2. The van der Waals surface area contributed by atoms with Crippen molar-refractivity contribution in [3.63, 3.8) is 0 Å². The molecule has 0 fully saturated rings. The number of hydrogen-bond donors (Lipinski definition) is 0. The van der Waals surface area contributed by atoms with Gasteiger partial charge in [-0.15, -0.1) is 0 Å². The normalized spacial score (nSPS) is 11.5. The summed E-state index contributed by atoms with van der Waals surface area (Å²) in [6, 6.07) is 46.9.